The number of nitrogens with two attached hydrogens (primary N) is 2. The van der Waals surface area contributed by atoms with E-state index in [1.807, 2.05) is 27.7 Å². The first-order valence-electron chi connectivity index (χ1n) is 9.84. The third kappa shape index (κ3) is 7.12. The fourth-order valence-corrected chi connectivity index (χ4v) is 3.70. The molecule has 0 fully saturated rings. The molecule has 6 nitrogen and oxygen atoms in total. The van der Waals surface area contributed by atoms with Crippen molar-refractivity contribution < 1.29 is 20.4 Å². The second kappa shape index (κ2) is 11.5. The van der Waals surface area contributed by atoms with Crippen LogP contribution in [0.3, 0.4) is 0 Å². The summed E-state index contributed by atoms with van der Waals surface area (Å²) in [6, 6.07) is 0. The lowest BCUT2D eigenvalue weighted by molar-refractivity contribution is -0.0429. The zero-order chi connectivity index (χ0) is 19.7. The van der Waals surface area contributed by atoms with E-state index in [1.165, 1.54) is 0 Å². The molecule has 0 aliphatic rings. The predicted molar refractivity (Wildman–Crippen MR) is 102 cm³/mol. The SMILES string of the molecule is CCC(O)CC(N)(CC(O)CC)C(CN)(CC(O)CC)CC(O)CC. The third-order valence-corrected chi connectivity index (χ3v) is 5.78. The average Bonchev–Trinajstić information content (AvgIpc) is 2.59. The van der Waals surface area contributed by atoms with Crippen LogP contribution >= 0.6 is 0 Å². The van der Waals surface area contributed by atoms with Crippen LogP contribution in [-0.4, -0.2) is 56.9 Å². The smallest absolute Gasteiger partial charge is 0.0555 e. The highest BCUT2D eigenvalue weighted by Crippen LogP contribution is 2.45. The fraction of sp³-hybridized carbons (Fsp3) is 1.00. The first-order chi connectivity index (χ1) is 11.6. The van der Waals surface area contributed by atoms with Gasteiger partial charge >= 0.3 is 0 Å². The van der Waals surface area contributed by atoms with E-state index < -0.39 is 35.4 Å². The highest BCUT2D eigenvalue weighted by molar-refractivity contribution is 5.06. The highest BCUT2D eigenvalue weighted by Gasteiger charge is 2.50. The van der Waals surface area contributed by atoms with Gasteiger partial charge in [0.2, 0.25) is 0 Å². The average molecular weight is 363 g/mol. The molecule has 25 heavy (non-hydrogen) atoms. The lowest BCUT2D eigenvalue weighted by Crippen LogP contribution is -2.63. The van der Waals surface area contributed by atoms with Gasteiger partial charge in [-0.05, 0) is 57.9 Å². The summed E-state index contributed by atoms with van der Waals surface area (Å²) in [4.78, 5) is 0. The molecule has 0 rings (SSSR count). The molecule has 0 amide bonds. The van der Waals surface area contributed by atoms with Crippen LogP contribution in [0.4, 0.5) is 0 Å². The van der Waals surface area contributed by atoms with Crippen LogP contribution in [0.2, 0.25) is 0 Å². The summed E-state index contributed by atoms with van der Waals surface area (Å²) in [5.74, 6) is 0. The van der Waals surface area contributed by atoms with E-state index in [0.717, 1.165) is 0 Å². The summed E-state index contributed by atoms with van der Waals surface area (Å²) in [7, 11) is 0. The molecule has 0 saturated heterocycles. The van der Waals surface area contributed by atoms with Crippen molar-refractivity contribution in [3.63, 3.8) is 0 Å². The Bertz CT molecular complexity index is 330. The Morgan fingerprint density at radius 2 is 0.920 bits per heavy atom. The number of rotatable bonds is 14. The highest BCUT2D eigenvalue weighted by atomic mass is 16.3. The van der Waals surface area contributed by atoms with Gasteiger partial charge in [-0.3, -0.25) is 0 Å². The molecule has 0 aromatic heterocycles. The molecular weight excluding hydrogens is 320 g/mol. The zero-order valence-corrected chi connectivity index (χ0v) is 16.6. The van der Waals surface area contributed by atoms with Gasteiger partial charge in [0.15, 0.2) is 0 Å². The van der Waals surface area contributed by atoms with Crippen molar-refractivity contribution in [2.45, 2.75) is 109 Å². The first-order valence-corrected chi connectivity index (χ1v) is 9.84. The van der Waals surface area contributed by atoms with Gasteiger partial charge in [0.1, 0.15) is 0 Å². The topological polar surface area (TPSA) is 133 Å². The lowest BCUT2D eigenvalue weighted by Gasteiger charge is -2.51. The zero-order valence-electron chi connectivity index (χ0n) is 16.6. The lowest BCUT2D eigenvalue weighted by atomic mass is 9.59. The Kier molecular flexibility index (Phi) is 11.4. The van der Waals surface area contributed by atoms with Crippen LogP contribution in [0, 0.1) is 5.41 Å². The van der Waals surface area contributed by atoms with Gasteiger partial charge in [-0.1, -0.05) is 27.7 Å². The van der Waals surface area contributed by atoms with Crippen LogP contribution in [-0.2, 0) is 0 Å². The third-order valence-electron chi connectivity index (χ3n) is 5.78. The van der Waals surface area contributed by atoms with Crippen LogP contribution < -0.4 is 11.5 Å². The molecule has 152 valence electrons. The van der Waals surface area contributed by atoms with Crippen LogP contribution in [0.5, 0.6) is 0 Å². The van der Waals surface area contributed by atoms with Crippen LogP contribution in [0.15, 0.2) is 0 Å². The molecule has 0 spiro atoms. The summed E-state index contributed by atoms with van der Waals surface area (Å²) in [6.07, 6.45) is 1.08. The Morgan fingerprint density at radius 1 is 0.640 bits per heavy atom. The van der Waals surface area contributed by atoms with Crippen LogP contribution in [0.25, 0.3) is 0 Å². The Balaban J connectivity index is 5.97. The van der Waals surface area contributed by atoms with Crippen molar-refractivity contribution in [3.05, 3.63) is 0 Å². The quantitative estimate of drug-likeness (QED) is 0.276. The second-order valence-electron chi connectivity index (χ2n) is 7.71. The van der Waals surface area contributed by atoms with Gasteiger partial charge in [0.05, 0.1) is 24.4 Å². The molecule has 0 bridgehead atoms. The number of aliphatic hydroxyl groups excluding tert-OH is 4. The van der Waals surface area contributed by atoms with E-state index >= 15 is 0 Å². The molecule has 0 aliphatic carbocycles. The summed E-state index contributed by atoms with van der Waals surface area (Å²) in [5, 5.41) is 41.3. The van der Waals surface area contributed by atoms with Gasteiger partial charge in [-0.15, -0.1) is 0 Å². The van der Waals surface area contributed by atoms with E-state index in [-0.39, 0.29) is 19.4 Å². The summed E-state index contributed by atoms with van der Waals surface area (Å²) in [6.45, 7) is 7.73. The largest absolute Gasteiger partial charge is 0.393 e. The van der Waals surface area contributed by atoms with Crippen molar-refractivity contribution in [1.82, 2.24) is 0 Å². The Labute approximate surface area is 153 Å². The second-order valence-corrected chi connectivity index (χ2v) is 7.71. The van der Waals surface area contributed by atoms with Gasteiger partial charge in [-0.2, -0.15) is 0 Å². The molecule has 0 heterocycles. The molecule has 0 saturated carbocycles. The standard InChI is InChI=1S/C19H42N2O4/c1-5-14(22)9-18(13-20,10-15(23)6-2)19(21,11-16(24)7-3)12-17(25)8-4/h14-17,22-25H,5-13,20-21H2,1-4H3. The minimum absolute atomic E-state index is 0.185. The molecule has 0 aromatic carbocycles. The molecule has 6 heteroatoms. The van der Waals surface area contributed by atoms with Gasteiger partial charge in [0.25, 0.3) is 0 Å². The fourth-order valence-electron chi connectivity index (χ4n) is 3.70. The predicted octanol–water partition coefficient (Wildman–Crippen LogP) is 1.27. The molecule has 4 atom stereocenters. The van der Waals surface area contributed by atoms with E-state index in [4.69, 9.17) is 11.5 Å². The Morgan fingerprint density at radius 3 is 1.16 bits per heavy atom. The molecule has 0 aliphatic heterocycles. The van der Waals surface area contributed by atoms with Gasteiger partial charge < -0.3 is 31.9 Å². The van der Waals surface area contributed by atoms with Gasteiger partial charge in [0, 0.05) is 11.0 Å². The normalized spacial score (nSPS) is 21.8. The van der Waals surface area contributed by atoms with Crippen molar-refractivity contribution in [2.75, 3.05) is 6.54 Å². The first kappa shape index (κ1) is 24.8. The van der Waals surface area contributed by atoms with Crippen molar-refractivity contribution in [1.29, 1.82) is 0 Å². The summed E-state index contributed by atoms with van der Waals surface area (Å²) in [5.41, 5.74) is 11.3. The monoisotopic (exact) mass is 362 g/mol. The number of hydrogen-bond acceptors (Lipinski definition) is 6. The van der Waals surface area contributed by atoms with E-state index in [1.54, 1.807) is 0 Å². The van der Waals surface area contributed by atoms with Gasteiger partial charge in [-0.25, -0.2) is 0 Å². The minimum atomic E-state index is -0.973. The van der Waals surface area contributed by atoms with Crippen LogP contribution in [0.1, 0.15) is 79.1 Å². The van der Waals surface area contributed by atoms with Crippen molar-refractivity contribution in [3.8, 4) is 0 Å². The number of aliphatic hydroxyl groups is 4. The number of hydrogen-bond donors (Lipinski definition) is 6. The van der Waals surface area contributed by atoms with Crippen molar-refractivity contribution in [2.24, 2.45) is 16.9 Å². The maximum Gasteiger partial charge on any atom is 0.0555 e. The molecule has 0 radical (unpaired) electrons. The van der Waals surface area contributed by atoms with E-state index in [9.17, 15) is 20.4 Å². The summed E-state index contributed by atoms with van der Waals surface area (Å²) >= 11 is 0. The van der Waals surface area contributed by atoms with E-state index in [0.29, 0.717) is 38.5 Å². The van der Waals surface area contributed by atoms with Crippen molar-refractivity contribution >= 4 is 0 Å². The molecular formula is C19H42N2O4. The Hall–Kier alpha value is -0.240. The van der Waals surface area contributed by atoms with E-state index in [2.05, 4.69) is 0 Å². The molecule has 8 N–H and O–H groups in total. The molecule has 4 unspecified atom stereocenters. The minimum Gasteiger partial charge on any atom is -0.393 e. The molecule has 0 aromatic rings. The summed E-state index contributed by atoms with van der Waals surface area (Å²) < 4.78 is 0. The maximum atomic E-state index is 10.3. The maximum absolute atomic E-state index is 10.3.